The van der Waals surface area contributed by atoms with E-state index in [1.807, 2.05) is 17.8 Å². The molecule has 3 aromatic rings. The number of hydrogen-bond acceptors (Lipinski definition) is 5. The van der Waals surface area contributed by atoms with Gasteiger partial charge >= 0.3 is 6.09 Å². The number of hydrogen-bond donors (Lipinski definition) is 0. The summed E-state index contributed by atoms with van der Waals surface area (Å²) in [6, 6.07) is 9.44. The molecule has 0 aliphatic rings. The van der Waals surface area contributed by atoms with Crippen LogP contribution in [0.5, 0.6) is 0 Å². The van der Waals surface area contributed by atoms with Crippen LogP contribution in [0.3, 0.4) is 0 Å². The van der Waals surface area contributed by atoms with Crippen LogP contribution in [0.4, 0.5) is 9.18 Å². The van der Waals surface area contributed by atoms with Crippen LogP contribution in [0, 0.1) is 5.82 Å². The van der Waals surface area contributed by atoms with Crippen LogP contribution in [-0.2, 0) is 11.2 Å². The molecule has 1 aromatic carbocycles. The van der Waals surface area contributed by atoms with Crippen molar-refractivity contribution in [1.29, 1.82) is 0 Å². The van der Waals surface area contributed by atoms with Gasteiger partial charge in [0.25, 0.3) is 0 Å². The molecule has 0 N–H and O–H groups in total. The number of halogens is 1. The maximum Gasteiger partial charge on any atom is 0.419 e. The second-order valence-electron chi connectivity index (χ2n) is 8.14. The van der Waals surface area contributed by atoms with Gasteiger partial charge in [0, 0.05) is 11.9 Å². The van der Waals surface area contributed by atoms with Crippen LogP contribution in [0.2, 0.25) is 0 Å². The molecule has 0 aliphatic heterocycles. The van der Waals surface area contributed by atoms with E-state index in [1.54, 1.807) is 32.9 Å². The molecular weight excluding hydrogens is 404 g/mol. The van der Waals surface area contributed by atoms with Crippen molar-refractivity contribution in [2.24, 2.45) is 0 Å². The van der Waals surface area contributed by atoms with Crippen LogP contribution >= 0.6 is 9.39 Å². The van der Waals surface area contributed by atoms with E-state index < -0.39 is 17.5 Å². The zero-order valence-corrected chi connectivity index (χ0v) is 18.6. The van der Waals surface area contributed by atoms with Gasteiger partial charge in [0.1, 0.15) is 17.1 Å². The first-order valence-corrected chi connectivity index (χ1v) is 10.1. The number of ether oxygens (including phenoxy) is 1. The van der Waals surface area contributed by atoms with E-state index in [-0.39, 0.29) is 0 Å². The number of aromatic nitrogens is 2. The number of nitrogens with zero attached hydrogens (tertiary/aromatic N) is 3. The predicted octanol–water partition coefficient (Wildman–Crippen LogP) is 4.70. The summed E-state index contributed by atoms with van der Waals surface area (Å²) in [5.41, 5.74) is 1.79. The molecule has 6 nitrogen and oxygen atoms in total. The lowest BCUT2D eigenvalue weighted by atomic mass is 10.1. The first-order chi connectivity index (χ1) is 14.1. The Morgan fingerprint density at radius 1 is 1.27 bits per heavy atom. The highest BCUT2D eigenvalue weighted by Crippen LogP contribution is 2.29. The molecule has 158 valence electrons. The number of aldehydes is 1. The lowest BCUT2D eigenvalue weighted by Gasteiger charge is -2.21. The SMILES string of the molecule is CN(P)CCc1ccc(-c2cc3cc(F)ccc3n2C(=O)OC(C)(C)C)nc1C=O. The third-order valence-electron chi connectivity index (χ3n) is 4.46. The maximum atomic E-state index is 13.8. The highest BCUT2D eigenvalue weighted by Gasteiger charge is 2.24. The quantitative estimate of drug-likeness (QED) is 0.434. The van der Waals surface area contributed by atoms with Crippen molar-refractivity contribution in [2.45, 2.75) is 32.8 Å². The molecule has 2 aromatic heterocycles. The van der Waals surface area contributed by atoms with Gasteiger partial charge in [-0.05, 0) is 70.1 Å². The first-order valence-electron chi connectivity index (χ1n) is 9.55. The zero-order chi connectivity index (χ0) is 22.1. The second kappa shape index (κ2) is 8.62. The van der Waals surface area contributed by atoms with E-state index in [0.717, 1.165) is 12.1 Å². The largest absolute Gasteiger partial charge is 0.443 e. The number of fused-ring (bicyclic) bond motifs is 1. The van der Waals surface area contributed by atoms with E-state index in [0.29, 0.717) is 40.7 Å². The van der Waals surface area contributed by atoms with Gasteiger partial charge in [-0.25, -0.2) is 18.7 Å². The Kier molecular flexibility index (Phi) is 6.34. The fourth-order valence-electron chi connectivity index (χ4n) is 3.14. The normalized spacial score (nSPS) is 11.8. The minimum absolute atomic E-state index is 0.312. The lowest BCUT2D eigenvalue weighted by molar-refractivity contribution is 0.0547. The van der Waals surface area contributed by atoms with Crippen LogP contribution < -0.4 is 0 Å². The Bertz CT molecular complexity index is 1100. The van der Waals surface area contributed by atoms with Crippen molar-refractivity contribution < 1.29 is 18.7 Å². The Balaban J connectivity index is 2.14. The number of benzene rings is 1. The monoisotopic (exact) mass is 429 g/mol. The summed E-state index contributed by atoms with van der Waals surface area (Å²) in [5, 5.41) is 0.541. The summed E-state index contributed by atoms with van der Waals surface area (Å²) in [5.74, 6) is -0.408. The molecule has 1 atom stereocenters. The molecule has 2 heterocycles. The van der Waals surface area contributed by atoms with Gasteiger partial charge in [0.05, 0.1) is 16.9 Å². The van der Waals surface area contributed by atoms with E-state index >= 15 is 0 Å². The number of carbonyl (C=O) groups is 2. The maximum absolute atomic E-state index is 13.8. The van der Waals surface area contributed by atoms with Gasteiger partial charge in [-0.1, -0.05) is 15.5 Å². The average Bonchev–Trinajstić information content (AvgIpc) is 3.03. The topological polar surface area (TPSA) is 64.4 Å². The minimum Gasteiger partial charge on any atom is -0.443 e. The Morgan fingerprint density at radius 2 is 2.00 bits per heavy atom. The Labute approximate surface area is 177 Å². The van der Waals surface area contributed by atoms with Crippen LogP contribution in [0.25, 0.3) is 22.3 Å². The molecule has 0 aliphatic carbocycles. The molecule has 3 rings (SSSR count). The van der Waals surface area contributed by atoms with Crippen molar-refractivity contribution in [1.82, 2.24) is 14.2 Å². The summed E-state index contributed by atoms with van der Waals surface area (Å²) in [6.07, 6.45) is 0.769. The molecule has 0 amide bonds. The van der Waals surface area contributed by atoms with E-state index in [4.69, 9.17) is 4.74 Å². The number of pyridine rings is 1. The third kappa shape index (κ3) is 4.91. The average molecular weight is 429 g/mol. The lowest BCUT2D eigenvalue weighted by Crippen LogP contribution is -2.27. The molecule has 0 saturated heterocycles. The van der Waals surface area contributed by atoms with Gasteiger partial charge in [-0.3, -0.25) is 9.46 Å². The fraction of sp³-hybridized carbons (Fsp3) is 0.318. The number of carbonyl (C=O) groups excluding carboxylic acids is 2. The van der Waals surface area contributed by atoms with Crippen molar-refractivity contribution in [2.75, 3.05) is 13.6 Å². The summed E-state index contributed by atoms with van der Waals surface area (Å²) >= 11 is 0. The Morgan fingerprint density at radius 3 is 2.63 bits per heavy atom. The van der Waals surface area contributed by atoms with Gasteiger partial charge < -0.3 is 4.74 Å². The van der Waals surface area contributed by atoms with E-state index in [9.17, 15) is 14.0 Å². The molecule has 30 heavy (non-hydrogen) atoms. The molecule has 0 spiro atoms. The molecule has 0 bridgehead atoms. The third-order valence-corrected chi connectivity index (χ3v) is 4.72. The van der Waals surface area contributed by atoms with Gasteiger partial charge in [-0.2, -0.15) is 0 Å². The van der Waals surface area contributed by atoms with Gasteiger partial charge in [0.15, 0.2) is 6.29 Å². The van der Waals surface area contributed by atoms with Crippen molar-refractivity contribution in [3.63, 3.8) is 0 Å². The summed E-state index contributed by atoms with van der Waals surface area (Å²) < 4.78 is 22.6. The minimum atomic E-state index is -0.708. The zero-order valence-electron chi connectivity index (χ0n) is 17.5. The predicted molar refractivity (Wildman–Crippen MR) is 118 cm³/mol. The highest BCUT2D eigenvalue weighted by molar-refractivity contribution is 7.13. The van der Waals surface area contributed by atoms with Crippen molar-refractivity contribution in [3.8, 4) is 11.4 Å². The number of rotatable bonds is 5. The number of likely N-dealkylation sites (N-methyl/N-ethyl adjacent to an activating group) is 1. The Hall–Kier alpha value is -2.63. The van der Waals surface area contributed by atoms with Crippen LogP contribution in [-0.4, -0.2) is 45.8 Å². The molecular formula is C22H25FN3O3P. The smallest absolute Gasteiger partial charge is 0.419 e. The second-order valence-corrected chi connectivity index (χ2v) is 9.02. The summed E-state index contributed by atoms with van der Waals surface area (Å²) in [7, 11) is 4.50. The standard InChI is InChI=1S/C22H25FN3O3P/c1-22(2,3)29-21(28)26-19-8-6-16(23)11-15(19)12-20(26)17-7-5-14(9-10-25(4)30)18(13-27)24-17/h5-8,11-13H,9-10,30H2,1-4H3. The van der Waals surface area contributed by atoms with Crippen LogP contribution in [0.1, 0.15) is 36.8 Å². The van der Waals surface area contributed by atoms with Crippen molar-refractivity contribution >= 4 is 32.7 Å². The van der Waals surface area contributed by atoms with Crippen molar-refractivity contribution in [3.05, 3.63) is 53.5 Å². The first kappa shape index (κ1) is 22.1. The van der Waals surface area contributed by atoms with Gasteiger partial charge in [-0.15, -0.1) is 0 Å². The summed E-state index contributed by atoms with van der Waals surface area (Å²) in [4.78, 5) is 29.1. The highest BCUT2D eigenvalue weighted by atomic mass is 31.0. The molecule has 1 unspecified atom stereocenters. The fourth-order valence-corrected chi connectivity index (χ4v) is 3.26. The van der Waals surface area contributed by atoms with Crippen LogP contribution in [0.15, 0.2) is 36.4 Å². The van der Waals surface area contributed by atoms with E-state index in [1.165, 1.54) is 22.8 Å². The van der Waals surface area contributed by atoms with Gasteiger partial charge in [0.2, 0.25) is 0 Å². The molecule has 0 radical (unpaired) electrons. The molecule has 0 saturated carbocycles. The molecule has 8 heteroatoms. The summed E-state index contributed by atoms with van der Waals surface area (Å²) in [6.45, 7) is 6.06. The van der Waals surface area contributed by atoms with E-state index in [2.05, 4.69) is 14.4 Å². The molecule has 0 fully saturated rings.